The summed E-state index contributed by atoms with van der Waals surface area (Å²) < 4.78 is 25.7. The van der Waals surface area contributed by atoms with E-state index in [1.54, 1.807) is 4.31 Å². The zero-order chi connectivity index (χ0) is 14.6. The van der Waals surface area contributed by atoms with Crippen molar-refractivity contribution in [1.82, 2.24) is 14.5 Å². The third-order valence-electron chi connectivity index (χ3n) is 4.34. The van der Waals surface area contributed by atoms with Crippen molar-refractivity contribution in [3.63, 3.8) is 0 Å². The summed E-state index contributed by atoms with van der Waals surface area (Å²) in [6.45, 7) is 6.37. The van der Waals surface area contributed by atoms with Crippen molar-refractivity contribution >= 4 is 10.0 Å². The van der Waals surface area contributed by atoms with Gasteiger partial charge in [-0.15, -0.1) is 0 Å². The van der Waals surface area contributed by atoms with Gasteiger partial charge < -0.3 is 5.32 Å². The Bertz CT molecular complexity index is 457. The smallest absolute Gasteiger partial charge is 0.214 e. The Labute approximate surface area is 121 Å². The van der Waals surface area contributed by atoms with E-state index in [2.05, 4.69) is 16.3 Å². The van der Waals surface area contributed by atoms with Crippen molar-refractivity contribution in [2.24, 2.45) is 0 Å². The van der Waals surface area contributed by atoms with E-state index in [0.717, 1.165) is 26.2 Å². The molecule has 0 spiro atoms. The molecule has 0 aromatic rings. The van der Waals surface area contributed by atoms with Gasteiger partial charge in [-0.3, -0.25) is 4.90 Å². The Morgan fingerprint density at radius 1 is 1.20 bits per heavy atom. The molecule has 0 atom stereocenters. The third-order valence-corrected chi connectivity index (χ3v) is 6.41. The molecular weight excluding hydrogens is 276 g/mol. The second-order valence-corrected chi connectivity index (χ2v) is 7.68. The van der Waals surface area contributed by atoms with E-state index in [0.29, 0.717) is 32.4 Å². The lowest BCUT2D eigenvalue weighted by molar-refractivity contribution is 0.0729. The van der Waals surface area contributed by atoms with E-state index in [1.165, 1.54) is 0 Å². The number of nitrogens with zero attached hydrogens (tertiary/aromatic N) is 3. The first-order valence-corrected chi connectivity index (χ1v) is 9.00. The van der Waals surface area contributed by atoms with E-state index in [-0.39, 0.29) is 5.75 Å². The van der Waals surface area contributed by atoms with Crippen molar-refractivity contribution < 1.29 is 8.42 Å². The Morgan fingerprint density at radius 2 is 1.80 bits per heavy atom. The molecule has 0 aromatic carbocycles. The van der Waals surface area contributed by atoms with E-state index >= 15 is 0 Å². The van der Waals surface area contributed by atoms with Gasteiger partial charge in [-0.05, 0) is 19.3 Å². The van der Waals surface area contributed by atoms with E-state index in [9.17, 15) is 13.7 Å². The first kappa shape index (κ1) is 15.7. The highest BCUT2D eigenvalue weighted by Gasteiger charge is 2.42. The van der Waals surface area contributed by atoms with Crippen LogP contribution in [0, 0.1) is 11.3 Å². The maximum atomic E-state index is 12.1. The molecule has 2 fully saturated rings. The van der Waals surface area contributed by atoms with Crippen LogP contribution in [-0.4, -0.2) is 68.2 Å². The number of nitriles is 1. The normalized spacial score (nSPS) is 25.2. The molecule has 0 unspecified atom stereocenters. The van der Waals surface area contributed by atoms with Crippen LogP contribution in [0.25, 0.3) is 0 Å². The molecule has 7 heteroatoms. The fourth-order valence-corrected chi connectivity index (χ4v) is 4.63. The molecule has 2 heterocycles. The van der Waals surface area contributed by atoms with Gasteiger partial charge in [0.2, 0.25) is 10.0 Å². The van der Waals surface area contributed by atoms with Crippen LogP contribution in [0.3, 0.4) is 0 Å². The summed E-state index contributed by atoms with van der Waals surface area (Å²) in [5.41, 5.74) is -0.472. The molecule has 0 amide bonds. The highest BCUT2D eigenvalue weighted by Crippen LogP contribution is 2.30. The van der Waals surface area contributed by atoms with Crippen LogP contribution >= 0.6 is 0 Å². The second kappa shape index (κ2) is 6.39. The van der Waals surface area contributed by atoms with Crippen molar-refractivity contribution in [1.29, 1.82) is 5.26 Å². The number of piperidine rings is 1. The summed E-state index contributed by atoms with van der Waals surface area (Å²) in [6, 6.07) is 2.47. The fraction of sp³-hybridized carbons (Fsp3) is 0.923. The quantitative estimate of drug-likeness (QED) is 0.790. The Kier molecular flexibility index (Phi) is 5.02. The number of rotatable bonds is 4. The molecule has 114 valence electrons. The van der Waals surface area contributed by atoms with Crippen molar-refractivity contribution in [3.8, 4) is 6.07 Å². The minimum Gasteiger partial charge on any atom is -0.314 e. The molecule has 0 aliphatic carbocycles. The van der Waals surface area contributed by atoms with Gasteiger partial charge in [-0.1, -0.05) is 6.92 Å². The molecule has 2 saturated heterocycles. The lowest BCUT2D eigenvalue weighted by Crippen LogP contribution is -2.60. The van der Waals surface area contributed by atoms with E-state index in [1.807, 2.05) is 6.92 Å². The maximum Gasteiger partial charge on any atom is 0.214 e. The SMILES string of the molecule is CCCS(=O)(=O)N1CCC(C#N)(N2CCNCC2)CC1. The highest BCUT2D eigenvalue weighted by atomic mass is 32.2. The molecule has 2 aliphatic heterocycles. The number of hydrogen-bond donors (Lipinski definition) is 1. The van der Waals surface area contributed by atoms with Gasteiger partial charge in [0.15, 0.2) is 0 Å². The molecule has 20 heavy (non-hydrogen) atoms. The molecule has 2 rings (SSSR count). The largest absolute Gasteiger partial charge is 0.314 e. The van der Waals surface area contributed by atoms with Gasteiger partial charge in [-0.2, -0.15) is 5.26 Å². The molecule has 0 saturated carbocycles. The van der Waals surface area contributed by atoms with Crippen LogP contribution in [0.4, 0.5) is 0 Å². The van der Waals surface area contributed by atoms with Gasteiger partial charge in [0.05, 0.1) is 11.8 Å². The Morgan fingerprint density at radius 3 is 2.30 bits per heavy atom. The monoisotopic (exact) mass is 300 g/mol. The topological polar surface area (TPSA) is 76.4 Å². The van der Waals surface area contributed by atoms with Crippen molar-refractivity contribution in [2.75, 3.05) is 45.0 Å². The van der Waals surface area contributed by atoms with Crippen LogP contribution in [0.1, 0.15) is 26.2 Å². The fourth-order valence-electron chi connectivity index (χ4n) is 3.11. The molecule has 2 aliphatic rings. The van der Waals surface area contributed by atoms with Gasteiger partial charge in [0.1, 0.15) is 5.54 Å². The number of hydrogen-bond acceptors (Lipinski definition) is 5. The van der Waals surface area contributed by atoms with Crippen LogP contribution in [0.2, 0.25) is 0 Å². The minimum absolute atomic E-state index is 0.209. The molecule has 0 radical (unpaired) electrons. The first-order valence-electron chi connectivity index (χ1n) is 7.39. The predicted octanol–water partition coefficient (Wildman–Crippen LogP) is -0.0104. The summed E-state index contributed by atoms with van der Waals surface area (Å²) in [4.78, 5) is 2.23. The summed E-state index contributed by atoms with van der Waals surface area (Å²) in [5.74, 6) is 0.209. The Hall–Kier alpha value is -0.680. The molecular formula is C13H24N4O2S. The third kappa shape index (κ3) is 3.14. The number of piperazine rings is 1. The van der Waals surface area contributed by atoms with E-state index in [4.69, 9.17) is 0 Å². The van der Waals surface area contributed by atoms with Gasteiger partial charge in [-0.25, -0.2) is 12.7 Å². The Balaban J connectivity index is 2.03. The molecule has 6 nitrogen and oxygen atoms in total. The van der Waals surface area contributed by atoms with Crippen LogP contribution in [-0.2, 0) is 10.0 Å². The number of nitrogens with one attached hydrogen (secondary N) is 1. The van der Waals surface area contributed by atoms with Crippen LogP contribution in [0.5, 0.6) is 0 Å². The van der Waals surface area contributed by atoms with Gasteiger partial charge in [0, 0.05) is 39.3 Å². The molecule has 0 aromatic heterocycles. The van der Waals surface area contributed by atoms with Gasteiger partial charge in [0.25, 0.3) is 0 Å². The summed E-state index contributed by atoms with van der Waals surface area (Å²) in [6.07, 6.45) is 1.87. The predicted molar refractivity (Wildman–Crippen MR) is 77.7 cm³/mol. The van der Waals surface area contributed by atoms with Crippen molar-refractivity contribution in [3.05, 3.63) is 0 Å². The maximum absolute atomic E-state index is 12.1. The molecule has 0 bridgehead atoms. The number of sulfonamides is 1. The first-order chi connectivity index (χ1) is 9.54. The second-order valence-electron chi connectivity index (χ2n) is 5.60. The van der Waals surface area contributed by atoms with Crippen LogP contribution < -0.4 is 5.32 Å². The average Bonchev–Trinajstić information content (AvgIpc) is 2.48. The summed E-state index contributed by atoms with van der Waals surface area (Å²) in [7, 11) is -3.13. The minimum atomic E-state index is -3.13. The standard InChI is InChI=1S/C13H24N4O2S/c1-2-11-20(18,19)17-7-3-13(12-14,4-8-17)16-9-5-15-6-10-16/h15H,2-11H2,1H3. The highest BCUT2D eigenvalue weighted by molar-refractivity contribution is 7.89. The molecule has 1 N–H and O–H groups in total. The van der Waals surface area contributed by atoms with E-state index < -0.39 is 15.6 Å². The van der Waals surface area contributed by atoms with Gasteiger partial charge >= 0.3 is 0 Å². The summed E-state index contributed by atoms with van der Waals surface area (Å²) in [5, 5.41) is 12.9. The summed E-state index contributed by atoms with van der Waals surface area (Å²) >= 11 is 0. The lowest BCUT2D eigenvalue weighted by atomic mass is 9.87. The zero-order valence-corrected chi connectivity index (χ0v) is 13.0. The van der Waals surface area contributed by atoms with Crippen LogP contribution in [0.15, 0.2) is 0 Å². The average molecular weight is 300 g/mol. The zero-order valence-electron chi connectivity index (χ0n) is 12.1. The lowest BCUT2D eigenvalue weighted by Gasteiger charge is -2.45. The van der Waals surface area contributed by atoms with Crippen molar-refractivity contribution in [2.45, 2.75) is 31.7 Å².